The van der Waals surface area contributed by atoms with Crippen LogP contribution in [0.25, 0.3) is 0 Å². The van der Waals surface area contributed by atoms with Crippen LogP contribution in [0.5, 0.6) is 0 Å². The van der Waals surface area contributed by atoms with E-state index in [1.54, 1.807) is 0 Å². The van der Waals surface area contributed by atoms with Gasteiger partial charge in [-0.15, -0.1) is 0 Å². The Kier molecular flexibility index (Phi) is 7.52. The molecule has 4 N–H and O–H groups in total. The molecule has 0 saturated carbocycles. The van der Waals surface area contributed by atoms with E-state index < -0.39 is 18.5 Å². The number of nitrogens with one attached hydrogen (secondary N) is 1. The SMILES string of the molecule is NC(=O)NCC(=O)O.[Na]. The van der Waals surface area contributed by atoms with Crippen LogP contribution in [0, 0.1) is 0 Å². The number of carboxylic acid groups (broad SMARTS) is 1. The molecule has 0 rings (SSSR count). The van der Waals surface area contributed by atoms with E-state index in [1.807, 2.05) is 5.32 Å². The van der Waals surface area contributed by atoms with E-state index in [9.17, 15) is 9.59 Å². The molecule has 0 spiro atoms. The van der Waals surface area contributed by atoms with Gasteiger partial charge in [0.1, 0.15) is 6.54 Å². The van der Waals surface area contributed by atoms with Gasteiger partial charge in [-0.05, 0) is 0 Å². The monoisotopic (exact) mass is 141 g/mol. The van der Waals surface area contributed by atoms with Crippen molar-refractivity contribution in [3.8, 4) is 0 Å². The van der Waals surface area contributed by atoms with Gasteiger partial charge >= 0.3 is 12.0 Å². The minimum atomic E-state index is -1.11. The summed E-state index contributed by atoms with van der Waals surface area (Å²) >= 11 is 0. The van der Waals surface area contributed by atoms with Crippen molar-refractivity contribution in [1.82, 2.24) is 5.32 Å². The zero-order valence-electron chi connectivity index (χ0n) is 5.05. The number of carbonyl (C=O) groups excluding carboxylic acids is 1. The molecular formula is C3H6N2NaO3. The number of urea groups is 1. The molecule has 0 fully saturated rings. The second-order valence-electron chi connectivity index (χ2n) is 1.11. The molecule has 0 heterocycles. The molecular weight excluding hydrogens is 135 g/mol. The molecule has 0 aliphatic rings. The minimum absolute atomic E-state index is 0. The van der Waals surface area contributed by atoms with Gasteiger partial charge in [-0.2, -0.15) is 0 Å². The number of aliphatic carboxylic acids is 1. The van der Waals surface area contributed by atoms with Crippen LogP contribution in [0.1, 0.15) is 0 Å². The van der Waals surface area contributed by atoms with E-state index in [1.165, 1.54) is 0 Å². The average molecular weight is 141 g/mol. The Morgan fingerprint density at radius 3 is 2.11 bits per heavy atom. The maximum absolute atomic E-state index is 9.75. The Balaban J connectivity index is 0. The van der Waals surface area contributed by atoms with E-state index in [4.69, 9.17) is 5.11 Å². The first kappa shape index (κ1) is 11.5. The Morgan fingerprint density at radius 2 is 2.00 bits per heavy atom. The first-order valence-electron chi connectivity index (χ1n) is 1.88. The number of hydrogen-bond donors (Lipinski definition) is 3. The molecule has 0 bridgehead atoms. The van der Waals surface area contributed by atoms with Gasteiger partial charge in [-0.3, -0.25) is 4.79 Å². The second-order valence-corrected chi connectivity index (χ2v) is 1.11. The summed E-state index contributed by atoms with van der Waals surface area (Å²) in [5.41, 5.74) is 4.53. The van der Waals surface area contributed by atoms with Crippen molar-refractivity contribution in [2.24, 2.45) is 5.73 Å². The zero-order valence-corrected chi connectivity index (χ0v) is 7.05. The van der Waals surface area contributed by atoms with E-state index in [2.05, 4.69) is 5.73 Å². The number of rotatable bonds is 2. The molecule has 0 aromatic heterocycles. The van der Waals surface area contributed by atoms with E-state index in [-0.39, 0.29) is 29.6 Å². The molecule has 1 radical (unpaired) electrons. The molecule has 5 nitrogen and oxygen atoms in total. The number of carbonyl (C=O) groups is 2. The van der Waals surface area contributed by atoms with Gasteiger partial charge in [-0.1, -0.05) is 0 Å². The summed E-state index contributed by atoms with van der Waals surface area (Å²) in [5.74, 6) is -1.11. The number of hydrogen-bond acceptors (Lipinski definition) is 2. The molecule has 0 unspecified atom stereocenters. The third kappa shape index (κ3) is 11.4. The van der Waals surface area contributed by atoms with Crippen LogP contribution < -0.4 is 11.1 Å². The number of primary amides is 1. The van der Waals surface area contributed by atoms with Crippen molar-refractivity contribution in [1.29, 1.82) is 0 Å². The van der Waals surface area contributed by atoms with Gasteiger partial charge in [0.15, 0.2) is 0 Å². The topological polar surface area (TPSA) is 92.4 Å². The maximum atomic E-state index is 9.75. The van der Waals surface area contributed by atoms with Gasteiger partial charge < -0.3 is 16.2 Å². The molecule has 2 amide bonds. The van der Waals surface area contributed by atoms with Gasteiger partial charge in [-0.25, -0.2) is 4.79 Å². The van der Waals surface area contributed by atoms with E-state index in [0.717, 1.165) is 0 Å². The first-order valence-corrected chi connectivity index (χ1v) is 1.88. The standard InChI is InChI=1S/C3H6N2O3.Na/c4-3(8)5-1-2(6)7;/h1H2,(H,6,7)(H3,4,5,8);. The third-order valence-corrected chi connectivity index (χ3v) is 0.414. The number of nitrogens with two attached hydrogens (primary N) is 1. The normalized spacial score (nSPS) is 7.11. The zero-order chi connectivity index (χ0) is 6.57. The quantitative estimate of drug-likeness (QED) is 0.402. The average Bonchev–Trinajstić information content (AvgIpc) is 1.61. The first-order chi connectivity index (χ1) is 3.63. The summed E-state index contributed by atoms with van der Waals surface area (Å²) in [6, 6.07) is -0.826. The van der Waals surface area contributed by atoms with Crippen LogP contribution in [0.15, 0.2) is 0 Å². The van der Waals surface area contributed by atoms with Crippen molar-refractivity contribution in [2.45, 2.75) is 0 Å². The molecule has 0 aromatic rings. The number of amides is 2. The van der Waals surface area contributed by atoms with Crippen LogP contribution in [0.4, 0.5) is 4.79 Å². The second kappa shape index (κ2) is 5.87. The molecule has 0 atom stereocenters. The van der Waals surface area contributed by atoms with E-state index in [0.29, 0.717) is 0 Å². The molecule has 6 heteroatoms. The summed E-state index contributed by atoms with van der Waals surface area (Å²) < 4.78 is 0. The van der Waals surface area contributed by atoms with Crippen LogP contribution in [-0.2, 0) is 4.79 Å². The molecule has 0 aromatic carbocycles. The summed E-state index contributed by atoms with van der Waals surface area (Å²) in [4.78, 5) is 19.4. The summed E-state index contributed by atoms with van der Waals surface area (Å²) in [5, 5.41) is 9.78. The number of carboxylic acids is 1. The predicted molar refractivity (Wildman–Crippen MR) is 31.0 cm³/mol. The molecule has 0 aliphatic carbocycles. The van der Waals surface area contributed by atoms with Crippen LogP contribution in [0.3, 0.4) is 0 Å². The van der Waals surface area contributed by atoms with Gasteiger partial charge in [0.25, 0.3) is 0 Å². The summed E-state index contributed by atoms with van der Waals surface area (Å²) in [6.45, 7) is -0.421. The van der Waals surface area contributed by atoms with Crippen molar-refractivity contribution in [2.75, 3.05) is 6.54 Å². The van der Waals surface area contributed by atoms with Crippen LogP contribution >= 0.6 is 0 Å². The Labute approximate surface area is 73.9 Å². The molecule has 47 valence electrons. The predicted octanol–water partition coefficient (Wildman–Crippen LogP) is -1.64. The Morgan fingerprint density at radius 1 is 1.56 bits per heavy atom. The van der Waals surface area contributed by atoms with E-state index >= 15 is 0 Å². The minimum Gasteiger partial charge on any atom is -0.480 e. The fraction of sp³-hybridized carbons (Fsp3) is 0.333. The molecule has 0 saturated heterocycles. The Bertz CT molecular complexity index is 102. The fourth-order valence-corrected chi connectivity index (χ4v) is 0.163. The van der Waals surface area contributed by atoms with Crippen LogP contribution in [0.2, 0.25) is 0 Å². The van der Waals surface area contributed by atoms with Crippen LogP contribution in [-0.4, -0.2) is 53.2 Å². The Hall–Kier alpha value is -0.260. The smallest absolute Gasteiger partial charge is 0.323 e. The maximum Gasteiger partial charge on any atom is 0.323 e. The fourth-order valence-electron chi connectivity index (χ4n) is 0.163. The van der Waals surface area contributed by atoms with Crippen molar-refractivity contribution < 1.29 is 14.7 Å². The molecule has 0 aliphatic heterocycles. The van der Waals surface area contributed by atoms with Crippen molar-refractivity contribution in [3.05, 3.63) is 0 Å². The summed E-state index contributed by atoms with van der Waals surface area (Å²) in [7, 11) is 0. The van der Waals surface area contributed by atoms with Crippen molar-refractivity contribution in [3.63, 3.8) is 0 Å². The van der Waals surface area contributed by atoms with Crippen molar-refractivity contribution >= 4 is 41.6 Å². The van der Waals surface area contributed by atoms with Gasteiger partial charge in [0.05, 0.1) is 0 Å². The molecule has 9 heavy (non-hydrogen) atoms. The summed E-state index contributed by atoms with van der Waals surface area (Å²) in [6.07, 6.45) is 0. The third-order valence-electron chi connectivity index (χ3n) is 0.414. The van der Waals surface area contributed by atoms with Gasteiger partial charge in [0.2, 0.25) is 0 Å². The van der Waals surface area contributed by atoms with Gasteiger partial charge in [0, 0.05) is 29.6 Å². The largest absolute Gasteiger partial charge is 0.480 e.